The fourth-order valence-electron chi connectivity index (χ4n) is 7.68. The van der Waals surface area contributed by atoms with E-state index in [0.29, 0.717) is 55.9 Å². The second kappa shape index (κ2) is 13.7. The number of amides is 1. The average molecular weight is 674 g/mol. The number of ether oxygens (including phenoxy) is 1. The molecule has 0 spiro atoms. The van der Waals surface area contributed by atoms with Gasteiger partial charge in [-0.1, -0.05) is 6.92 Å². The number of nitrogens with two attached hydrogens (primary N) is 1. The first kappa shape index (κ1) is 35.6. The molecule has 1 aromatic heterocycles. The number of carbonyl (C=O) groups is 1. The summed E-state index contributed by atoms with van der Waals surface area (Å²) in [7, 11) is 2.10. The number of benzene rings is 1. The van der Waals surface area contributed by atoms with Crippen LogP contribution in [0.1, 0.15) is 93.1 Å². The Labute approximate surface area is 280 Å². The molecule has 3 heterocycles. The van der Waals surface area contributed by atoms with Crippen LogP contribution in [0, 0.1) is 30.0 Å². The monoisotopic (exact) mass is 673 g/mol. The number of carbonyl (C=O) groups excluding carboxylic acids is 1. The third-order valence-electron chi connectivity index (χ3n) is 10.0. The van der Waals surface area contributed by atoms with Crippen molar-refractivity contribution in [3.05, 3.63) is 45.7 Å². The summed E-state index contributed by atoms with van der Waals surface area (Å²) in [6.07, 6.45) is -1.11. The molecular weight excluding hydrogens is 626 g/mol. The molecule has 1 amide bonds. The number of hydrogen-bond donors (Lipinski definition) is 1. The molecule has 0 bridgehead atoms. The van der Waals surface area contributed by atoms with E-state index in [0.717, 1.165) is 37.4 Å². The number of piperazine rings is 1. The van der Waals surface area contributed by atoms with E-state index in [9.17, 15) is 23.2 Å². The van der Waals surface area contributed by atoms with Gasteiger partial charge in [-0.25, -0.2) is 19.2 Å². The molecule has 1 aromatic carbocycles. The molecule has 3 aliphatic rings. The lowest BCUT2D eigenvalue weighted by Gasteiger charge is -2.43. The lowest BCUT2D eigenvalue weighted by molar-refractivity contribution is -0.139. The highest BCUT2D eigenvalue weighted by Gasteiger charge is 2.43. The molecular formula is C35H47F4N7O2. The van der Waals surface area contributed by atoms with Gasteiger partial charge in [0.1, 0.15) is 23.1 Å². The quantitative estimate of drug-likeness (QED) is 0.277. The zero-order valence-electron chi connectivity index (χ0n) is 28.8. The van der Waals surface area contributed by atoms with Gasteiger partial charge < -0.3 is 25.2 Å². The van der Waals surface area contributed by atoms with Crippen molar-refractivity contribution in [3.63, 3.8) is 0 Å². The maximum atomic E-state index is 15.7. The van der Waals surface area contributed by atoms with Crippen molar-refractivity contribution in [2.24, 2.45) is 5.92 Å². The fourth-order valence-corrected chi connectivity index (χ4v) is 7.68. The standard InChI is InChI=1S/C35H47F4N7O2/c1-20-16-25-27(18-24(20)29-30(35(37,38)39)21(2)17-26(41)31(29)36)42-28(10-9-22-8-7-13-44(22)6)43-32(25)45-14-15-46(23(19-45)11-12-40)33(47)48-34(3,4)5/h17,20,22-24H,7-11,13-16,18-19,41H2,1-6H3/t20?,22-,23?,24?/m0/s1. The molecule has 2 fully saturated rings. The molecule has 3 unspecified atom stereocenters. The number of halogens is 4. The van der Waals surface area contributed by atoms with Gasteiger partial charge in [-0.3, -0.25) is 0 Å². The van der Waals surface area contributed by atoms with Gasteiger partial charge in [-0.05, 0) is 96.9 Å². The van der Waals surface area contributed by atoms with Gasteiger partial charge in [0, 0.05) is 43.2 Å². The number of aromatic nitrogens is 2. The Bertz CT molecular complexity index is 1570. The molecule has 13 heteroatoms. The molecule has 9 nitrogen and oxygen atoms in total. The van der Waals surface area contributed by atoms with Gasteiger partial charge in [-0.15, -0.1) is 0 Å². The van der Waals surface area contributed by atoms with E-state index in [-0.39, 0.29) is 30.0 Å². The van der Waals surface area contributed by atoms with E-state index in [1.54, 1.807) is 25.7 Å². The van der Waals surface area contributed by atoms with Crippen molar-refractivity contribution in [2.75, 3.05) is 43.9 Å². The number of nitriles is 1. The van der Waals surface area contributed by atoms with Crippen LogP contribution in [0.5, 0.6) is 0 Å². The predicted octanol–water partition coefficient (Wildman–Crippen LogP) is 6.41. The topological polar surface area (TPSA) is 112 Å². The Morgan fingerprint density at radius 3 is 2.50 bits per heavy atom. The normalized spacial score (nSPS) is 23.6. The lowest BCUT2D eigenvalue weighted by atomic mass is 9.73. The number of aryl methyl sites for hydroxylation is 2. The molecule has 48 heavy (non-hydrogen) atoms. The summed E-state index contributed by atoms with van der Waals surface area (Å²) < 4.78 is 64.6. The summed E-state index contributed by atoms with van der Waals surface area (Å²) in [5.74, 6) is -0.948. The minimum atomic E-state index is -4.76. The molecule has 1 aliphatic carbocycles. The van der Waals surface area contributed by atoms with Crippen LogP contribution in [-0.4, -0.2) is 76.8 Å². The summed E-state index contributed by atoms with van der Waals surface area (Å²) in [4.78, 5) is 29.1. The highest BCUT2D eigenvalue weighted by Crippen LogP contribution is 2.47. The van der Waals surface area contributed by atoms with Crippen LogP contribution in [-0.2, 0) is 30.2 Å². The van der Waals surface area contributed by atoms with Crippen LogP contribution in [0.3, 0.4) is 0 Å². The van der Waals surface area contributed by atoms with E-state index >= 15 is 4.39 Å². The molecule has 2 N–H and O–H groups in total. The number of nitrogen functional groups attached to an aromatic ring is 1. The largest absolute Gasteiger partial charge is 0.444 e. The SMILES string of the molecule is Cc1cc(N)c(F)c(C2Cc3nc(CC[C@@H]4CCCN4C)nc(N4CCN(C(=O)OC(C)(C)C)C(CC#N)C4)c3CC2C)c1C(F)(F)F. The molecule has 262 valence electrons. The van der Waals surface area contributed by atoms with Crippen LogP contribution in [0.4, 0.5) is 33.9 Å². The minimum absolute atomic E-state index is 0.0939. The predicted molar refractivity (Wildman–Crippen MR) is 175 cm³/mol. The number of likely N-dealkylation sites (tertiary alicyclic amines) is 1. The van der Waals surface area contributed by atoms with E-state index in [1.165, 1.54) is 6.92 Å². The Morgan fingerprint density at radius 2 is 1.88 bits per heavy atom. The van der Waals surface area contributed by atoms with Crippen LogP contribution in [0.2, 0.25) is 0 Å². The maximum Gasteiger partial charge on any atom is 0.417 e. The molecule has 2 aliphatic heterocycles. The molecule has 4 atom stereocenters. The molecule has 0 saturated carbocycles. The van der Waals surface area contributed by atoms with Crippen molar-refractivity contribution < 1.29 is 27.1 Å². The summed E-state index contributed by atoms with van der Waals surface area (Å²) in [6.45, 7) is 10.6. The van der Waals surface area contributed by atoms with Gasteiger partial charge in [0.2, 0.25) is 0 Å². The summed E-state index contributed by atoms with van der Waals surface area (Å²) in [5, 5.41) is 9.66. The Balaban J connectivity index is 1.54. The first-order valence-corrected chi connectivity index (χ1v) is 16.8. The summed E-state index contributed by atoms with van der Waals surface area (Å²) in [5.41, 5.74) is 4.86. The highest BCUT2D eigenvalue weighted by atomic mass is 19.4. The second-order valence-corrected chi connectivity index (χ2v) is 14.7. The Kier molecular flexibility index (Phi) is 10.2. The van der Waals surface area contributed by atoms with E-state index in [2.05, 4.69) is 22.9 Å². The molecule has 5 rings (SSSR count). The fraction of sp³-hybridized carbons (Fsp3) is 0.657. The van der Waals surface area contributed by atoms with Crippen molar-refractivity contribution in [2.45, 2.75) is 109 Å². The third-order valence-corrected chi connectivity index (χ3v) is 10.0. The minimum Gasteiger partial charge on any atom is -0.444 e. The first-order valence-electron chi connectivity index (χ1n) is 16.8. The number of fused-ring (bicyclic) bond motifs is 1. The van der Waals surface area contributed by atoms with E-state index in [1.807, 2.05) is 6.92 Å². The average Bonchev–Trinajstić information content (AvgIpc) is 3.40. The molecule has 2 aromatic rings. The Morgan fingerprint density at radius 1 is 1.15 bits per heavy atom. The maximum absolute atomic E-state index is 15.7. The zero-order chi connectivity index (χ0) is 35.1. The number of nitrogens with zero attached hydrogens (tertiary/aromatic N) is 6. The highest BCUT2D eigenvalue weighted by molar-refractivity contribution is 5.69. The van der Waals surface area contributed by atoms with Crippen LogP contribution >= 0.6 is 0 Å². The summed E-state index contributed by atoms with van der Waals surface area (Å²) >= 11 is 0. The van der Waals surface area contributed by atoms with Crippen molar-refractivity contribution in [1.29, 1.82) is 5.26 Å². The number of hydrogen-bond acceptors (Lipinski definition) is 8. The number of alkyl halides is 3. The van der Waals surface area contributed by atoms with Gasteiger partial charge >= 0.3 is 12.3 Å². The summed E-state index contributed by atoms with van der Waals surface area (Å²) in [6, 6.07) is 3.18. The molecule has 2 saturated heterocycles. The lowest BCUT2D eigenvalue weighted by Crippen LogP contribution is -2.56. The van der Waals surface area contributed by atoms with Crippen LogP contribution in [0.25, 0.3) is 0 Å². The second-order valence-electron chi connectivity index (χ2n) is 14.7. The van der Waals surface area contributed by atoms with Crippen molar-refractivity contribution >= 4 is 17.6 Å². The number of anilines is 2. The Hall–Kier alpha value is -3.66. The molecule has 0 radical (unpaired) electrons. The van der Waals surface area contributed by atoms with Gasteiger partial charge in [0.25, 0.3) is 0 Å². The zero-order valence-corrected chi connectivity index (χ0v) is 28.8. The van der Waals surface area contributed by atoms with E-state index < -0.39 is 46.8 Å². The van der Waals surface area contributed by atoms with E-state index in [4.69, 9.17) is 20.4 Å². The number of rotatable bonds is 6. The third kappa shape index (κ3) is 7.48. The van der Waals surface area contributed by atoms with Gasteiger partial charge in [0.05, 0.1) is 35.5 Å². The smallest absolute Gasteiger partial charge is 0.417 e. The first-order chi connectivity index (χ1) is 22.5. The van der Waals surface area contributed by atoms with Crippen molar-refractivity contribution in [3.8, 4) is 6.07 Å². The van der Waals surface area contributed by atoms with Crippen LogP contribution in [0.15, 0.2) is 6.07 Å². The van der Waals surface area contributed by atoms with Gasteiger partial charge in [-0.2, -0.15) is 18.4 Å². The van der Waals surface area contributed by atoms with Crippen molar-refractivity contribution in [1.82, 2.24) is 19.8 Å². The van der Waals surface area contributed by atoms with Gasteiger partial charge in [0.15, 0.2) is 0 Å². The van der Waals surface area contributed by atoms with Crippen LogP contribution < -0.4 is 10.6 Å².